The van der Waals surface area contributed by atoms with Gasteiger partial charge in [-0.05, 0) is 83.5 Å². The van der Waals surface area contributed by atoms with Crippen LogP contribution >= 0.6 is 0 Å². The van der Waals surface area contributed by atoms with Gasteiger partial charge in [0.05, 0.1) is 25.4 Å². The maximum absolute atomic E-state index is 12.5. The number of hydrogen-bond acceptors (Lipinski definition) is 5. The molecule has 2 atom stereocenters. The molecule has 1 amide bonds. The average Bonchev–Trinajstić information content (AvgIpc) is 3.39. The minimum absolute atomic E-state index is 0.00786. The first-order chi connectivity index (χ1) is 36.0. The van der Waals surface area contributed by atoms with Gasteiger partial charge in [0.1, 0.15) is 0 Å². The van der Waals surface area contributed by atoms with Gasteiger partial charge in [0.15, 0.2) is 0 Å². The van der Waals surface area contributed by atoms with Crippen molar-refractivity contribution in [2.75, 3.05) is 13.2 Å². The molecule has 0 aromatic heterocycles. The van der Waals surface area contributed by atoms with E-state index in [2.05, 4.69) is 43.5 Å². The zero-order valence-corrected chi connectivity index (χ0v) is 49.1. The van der Waals surface area contributed by atoms with Crippen molar-refractivity contribution in [1.29, 1.82) is 0 Å². The highest BCUT2D eigenvalue weighted by Gasteiger charge is 2.18. The third kappa shape index (κ3) is 59.2. The fourth-order valence-corrected chi connectivity index (χ4v) is 10.1. The van der Waals surface area contributed by atoms with E-state index in [0.717, 1.165) is 51.4 Å². The van der Waals surface area contributed by atoms with Crippen LogP contribution in [0.4, 0.5) is 0 Å². The first kappa shape index (κ1) is 71.1. The topological polar surface area (TPSA) is 95.9 Å². The van der Waals surface area contributed by atoms with E-state index in [-0.39, 0.29) is 18.5 Å². The first-order valence-corrected chi connectivity index (χ1v) is 32.8. The van der Waals surface area contributed by atoms with Crippen LogP contribution in [0, 0.1) is 0 Å². The van der Waals surface area contributed by atoms with Gasteiger partial charge in [0.25, 0.3) is 0 Å². The largest absolute Gasteiger partial charge is 0.466 e. The van der Waals surface area contributed by atoms with E-state index in [0.29, 0.717) is 19.4 Å². The molecule has 0 bridgehead atoms. The number of nitrogens with one attached hydrogen (secondary N) is 1. The lowest BCUT2D eigenvalue weighted by Gasteiger charge is -2.20. The summed E-state index contributed by atoms with van der Waals surface area (Å²) in [6.07, 6.45) is 79.1. The molecule has 2 unspecified atom stereocenters. The standard InChI is InChI=1S/C67H127NO5/c1-3-5-7-9-11-13-15-17-19-28-33-37-41-45-49-53-57-61-67(72)73-62-58-54-50-46-42-38-34-30-27-25-23-21-22-24-26-29-32-36-40-44-48-52-56-60-66(71)68-64(63-69)65(70)59-55-51-47-43-39-35-31-20-18-16-14-12-10-8-6-4-2/h17,19,24,26,55,59,64-65,69-70H,3-16,18,20-23,25,27-54,56-58,60-63H2,1-2H3,(H,68,71)/b19-17-,26-24-,59-55+. The third-order valence-corrected chi connectivity index (χ3v) is 15.1. The van der Waals surface area contributed by atoms with E-state index in [1.54, 1.807) is 6.08 Å². The molecule has 0 aliphatic rings. The van der Waals surface area contributed by atoms with Crippen molar-refractivity contribution in [3.63, 3.8) is 0 Å². The Hall–Kier alpha value is -1.92. The van der Waals surface area contributed by atoms with Crippen LogP contribution < -0.4 is 5.32 Å². The van der Waals surface area contributed by atoms with Gasteiger partial charge in [-0.1, -0.05) is 294 Å². The molecular formula is C67H127NO5. The molecule has 0 saturated carbocycles. The van der Waals surface area contributed by atoms with Crippen molar-refractivity contribution in [2.45, 2.75) is 366 Å². The van der Waals surface area contributed by atoms with Crippen LogP contribution in [-0.2, 0) is 14.3 Å². The Morgan fingerprint density at radius 2 is 0.644 bits per heavy atom. The highest BCUT2D eigenvalue weighted by Crippen LogP contribution is 2.17. The van der Waals surface area contributed by atoms with Gasteiger partial charge < -0.3 is 20.3 Å². The smallest absolute Gasteiger partial charge is 0.305 e. The Kier molecular flexibility index (Phi) is 61.0. The summed E-state index contributed by atoms with van der Waals surface area (Å²) >= 11 is 0. The van der Waals surface area contributed by atoms with Crippen LogP contribution in [0.5, 0.6) is 0 Å². The molecule has 6 nitrogen and oxygen atoms in total. The van der Waals surface area contributed by atoms with E-state index in [4.69, 9.17) is 4.74 Å². The highest BCUT2D eigenvalue weighted by molar-refractivity contribution is 5.76. The summed E-state index contributed by atoms with van der Waals surface area (Å²) in [4.78, 5) is 24.6. The van der Waals surface area contributed by atoms with Crippen molar-refractivity contribution in [1.82, 2.24) is 5.32 Å². The zero-order valence-electron chi connectivity index (χ0n) is 49.1. The summed E-state index contributed by atoms with van der Waals surface area (Å²) in [5.74, 6) is -0.0648. The molecule has 0 spiro atoms. The summed E-state index contributed by atoms with van der Waals surface area (Å²) in [5, 5.41) is 23.1. The lowest BCUT2D eigenvalue weighted by atomic mass is 10.0. The Morgan fingerprint density at radius 3 is 0.973 bits per heavy atom. The monoisotopic (exact) mass is 1030 g/mol. The Bertz CT molecular complexity index is 1180. The van der Waals surface area contributed by atoms with Gasteiger partial charge in [0, 0.05) is 12.8 Å². The molecule has 0 fully saturated rings. The number of esters is 1. The maximum Gasteiger partial charge on any atom is 0.305 e. The van der Waals surface area contributed by atoms with Crippen LogP contribution in [0.15, 0.2) is 36.5 Å². The molecule has 0 heterocycles. The summed E-state index contributed by atoms with van der Waals surface area (Å²) < 4.78 is 5.49. The number of hydrogen-bond donors (Lipinski definition) is 3. The van der Waals surface area contributed by atoms with E-state index in [1.165, 1.54) is 276 Å². The van der Waals surface area contributed by atoms with E-state index >= 15 is 0 Å². The average molecular weight is 1030 g/mol. The lowest BCUT2D eigenvalue weighted by molar-refractivity contribution is -0.143. The van der Waals surface area contributed by atoms with Crippen molar-refractivity contribution < 1.29 is 24.5 Å². The minimum atomic E-state index is -0.849. The highest BCUT2D eigenvalue weighted by atomic mass is 16.5. The quantitative estimate of drug-likeness (QED) is 0.0320. The van der Waals surface area contributed by atoms with Crippen molar-refractivity contribution >= 4 is 11.9 Å². The molecule has 6 heteroatoms. The van der Waals surface area contributed by atoms with Crippen LogP contribution in [0.1, 0.15) is 354 Å². The molecule has 73 heavy (non-hydrogen) atoms. The van der Waals surface area contributed by atoms with Crippen LogP contribution in [-0.4, -0.2) is 47.4 Å². The van der Waals surface area contributed by atoms with Crippen LogP contribution in [0.2, 0.25) is 0 Å². The Morgan fingerprint density at radius 1 is 0.370 bits per heavy atom. The van der Waals surface area contributed by atoms with E-state index in [9.17, 15) is 19.8 Å². The van der Waals surface area contributed by atoms with Crippen molar-refractivity contribution in [3.05, 3.63) is 36.5 Å². The van der Waals surface area contributed by atoms with Gasteiger partial charge in [-0.15, -0.1) is 0 Å². The second-order valence-electron chi connectivity index (χ2n) is 22.4. The number of unbranched alkanes of at least 4 members (excludes halogenated alkanes) is 46. The predicted octanol–water partition coefficient (Wildman–Crippen LogP) is 20.8. The fourth-order valence-electron chi connectivity index (χ4n) is 10.1. The van der Waals surface area contributed by atoms with E-state index < -0.39 is 12.1 Å². The third-order valence-electron chi connectivity index (χ3n) is 15.1. The molecule has 0 aliphatic carbocycles. The summed E-state index contributed by atoms with van der Waals surface area (Å²) in [5.41, 5.74) is 0. The van der Waals surface area contributed by atoms with Crippen LogP contribution in [0.25, 0.3) is 0 Å². The number of rotatable bonds is 61. The second-order valence-corrected chi connectivity index (χ2v) is 22.4. The van der Waals surface area contributed by atoms with Crippen molar-refractivity contribution in [3.8, 4) is 0 Å². The number of allylic oxidation sites excluding steroid dienone is 5. The molecule has 0 aromatic carbocycles. The molecule has 0 aliphatic heterocycles. The molecular weight excluding hydrogens is 899 g/mol. The van der Waals surface area contributed by atoms with Crippen molar-refractivity contribution in [2.24, 2.45) is 0 Å². The Labute approximate surface area is 455 Å². The van der Waals surface area contributed by atoms with Gasteiger partial charge in [-0.25, -0.2) is 0 Å². The number of carbonyl (C=O) groups excluding carboxylic acids is 2. The van der Waals surface area contributed by atoms with Crippen LogP contribution in [0.3, 0.4) is 0 Å². The summed E-state index contributed by atoms with van der Waals surface area (Å²) in [7, 11) is 0. The lowest BCUT2D eigenvalue weighted by Crippen LogP contribution is -2.45. The summed E-state index contributed by atoms with van der Waals surface area (Å²) in [6, 6.07) is -0.633. The van der Waals surface area contributed by atoms with Gasteiger partial charge in [-0.2, -0.15) is 0 Å². The summed E-state index contributed by atoms with van der Waals surface area (Å²) in [6.45, 7) is 4.91. The number of aliphatic hydroxyl groups is 2. The zero-order chi connectivity index (χ0) is 52.9. The first-order valence-electron chi connectivity index (χ1n) is 32.8. The SMILES string of the molecule is CCCCCCCC/C=C\CCCCCCCCCC(=O)OCCCCCCCCCCCCCC/C=C\CCCCCCCCCC(=O)NC(CO)C(O)/C=C/CCCCCCCCCCCCCCCC. The number of carbonyl (C=O) groups is 2. The minimum Gasteiger partial charge on any atom is -0.466 e. The fraction of sp³-hybridized carbons (Fsp3) is 0.881. The number of amides is 1. The number of aliphatic hydroxyl groups excluding tert-OH is 2. The maximum atomic E-state index is 12.5. The van der Waals surface area contributed by atoms with Gasteiger partial charge in [-0.3, -0.25) is 9.59 Å². The molecule has 0 aromatic rings. The molecule has 0 rings (SSSR count). The molecule has 3 N–H and O–H groups in total. The molecule has 430 valence electrons. The van der Waals surface area contributed by atoms with Gasteiger partial charge in [0.2, 0.25) is 5.91 Å². The van der Waals surface area contributed by atoms with Gasteiger partial charge >= 0.3 is 5.97 Å². The number of ether oxygens (including phenoxy) is 1. The molecule has 0 saturated heterocycles. The predicted molar refractivity (Wildman–Crippen MR) is 319 cm³/mol. The Balaban J connectivity index is 3.42. The molecule has 0 radical (unpaired) electrons. The van der Waals surface area contributed by atoms with E-state index in [1.807, 2.05) is 6.08 Å². The second kappa shape index (κ2) is 62.6. The normalized spacial score (nSPS) is 12.8.